The number of Topliss-reactive ketones (excluding diaryl/α,β-unsaturated/α-hetero) is 1. The molecule has 0 spiro atoms. The minimum Gasteiger partial charge on any atom is -0.493 e. The molecule has 1 aromatic rings. The van der Waals surface area contributed by atoms with Crippen LogP contribution in [-0.2, 0) is 0 Å². The lowest BCUT2D eigenvalue weighted by molar-refractivity contribution is 0.0969. The Kier molecular flexibility index (Phi) is 3.66. The van der Waals surface area contributed by atoms with E-state index < -0.39 is 5.82 Å². The number of ether oxygens (including phenoxy) is 3. The molecular formula is C12H14FNO4. The van der Waals surface area contributed by atoms with Crippen molar-refractivity contribution in [3.05, 3.63) is 17.4 Å². The Labute approximate surface area is 104 Å². The molecule has 0 radical (unpaired) electrons. The number of carbonyl (C=O) groups excluding carboxylic acids is 1. The first kappa shape index (κ1) is 12.6. The van der Waals surface area contributed by atoms with Gasteiger partial charge in [0.25, 0.3) is 0 Å². The van der Waals surface area contributed by atoms with Crippen LogP contribution in [0.2, 0.25) is 0 Å². The summed E-state index contributed by atoms with van der Waals surface area (Å²) < 4.78 is 29.4. The van der Waals surface area contributed by atoms with E-state index in [1.54, 1.807) is 0 Å². The number of benzene rings is 1. The summed E-state index contributed by atoms with van der Waals surface area (Å²) >= 11 is 0. The fourth-order valence-electron chi connectivity index (χ4n) is 1.85. The molecule has 0 aromatic heterocycles. The number of nitrogens with two attached hydrogens (primary N) is 1. The Morgan fingerprint density at radius 2 is 2.22 bits per heavy atom. The molecule has 18 heavy (non-hydrogen) atoms. The summed E-state index contributed by atoms with van der Waals surface area (Å²) in [5, 5.41) is 0. The Bertz CT molecular complexity index is 476. The first-order valence-corrected chi connectivity index (χ1v) is 5.58. The molecule has 2 N–H and O–H groups in total. The molecule has 1 aromatic carbocycles. The van der Waals surface area contributed by atoms with Gasteiger partial charge >= 0.3 is 0 Å². The van der Waals surface area contributed by atoms with Crippen molar-refractivity contribution >= 4 is 5.78 Å². The van der Waals surface area contributed by atoms with Crippen molar-refractivity contribution in [2.75, 3.05) is 26.9 Å². The molecule has 98 valence electrons. The molecule has 1 aliphatic heterocycles. The van der Waals surface area contributed by atoms with Crippen LogP contribution in [-0.4, -0.2) is 32.7 Å². The van der Waals surface area contributed by atoms with Crippen molar-refractivity contribution in [2.45, 2.75) is 6.42 Å². The largest absolute Gasteiger partial charge is 0.493 e. The summed E-state index contributed by atoms with van der Waals surface area (Å²) in [7, 11) is 1.30. The van der Waals surface area contributed by atoms with Crippen molar-refractivity contribution in [2.24, 2.45) is 5.73 Å². The summed E-state index contributed by atoms with van der Waals surface area (Å²) in [6.07, 6.45) is 0.0929. The van der Waals surface area contributed by atoms with Gasteiger partial charge in [-0.2, -0.15) is 0 Å². The Hall–Kier alpha value is -1.82. The number of rotatable bonds is 4. The molecule has 0 atom stereocenters. The van der Waals surface area contributed by atoms with E-state index in [1.165, 1.54) is 7.11 Å². The van der Waals surface area contributed by atoms with E-state index >= 15 is 0 Å². The fraction of sp³-hybridized carbons (Fsp3) is 0.417. The summed E-state index contributed by atoms with van der Waals surface area (Å²) in [6.45, 7) is 0.808. The molecule has 0 saturated carbocycles. The Balaban J connectivity index is 2.58. The minimum atomic E-state index is -0.651. The van der Waals surface area contributed by atoms with Crippen LogP contribution >= 0.6 is 0 Å². The fourth-order valence-corrected chi connectivity index (χ4v) is 1.85. The van der Waals surface area contributed by atoms with Gasteiger partial charge in [0.15, 0.2) is 28.8 Å². The van der Waals surface area contributed by atoms with E-state index in [9.17, 15) is 9.18 Å². The molecule has 1 aliphatic rings. The maximum atomic E-state index is 13.8. The summed E-state index contributed by atoms with van der Waals surface area (Å²) in [5.74, 6) is -0.645. The number of hydrogen-bond acceptors (Lipinski definition) is 5. The summed E-state index contributed by atoms with van der Waals surface area (Å²) in [6, 6.07) is 1.16. The lowest BCUT2D eigenvalue weighted by atomic mass is 10.0. The SMILES string of the molecule is COc1c(F)cc2c(c1C(=O)CCN)OCCO2. The average molecular weight is 255 g/mol. The van der Waals surface area contributed by atoms with E-state index in [4.69, 9.17) is 19.9 Å². The minimum absolute atomic E-state index is 0.0673. The molecule has 0 fully saturated rings. The van der Waals surface area contributed by atoms with Crippen molar-refractivity contribution in [3.8, 4) is 17.2 Å². The van der Waals surface area contributed by atoms with Crippen LogP contribution < -0.4 is 19.9 Å². The van der Waals surface area contributed by atoms with Crippen LogP contribution in [0.1, 0.15) is 16.8 Å². The van der Waals surface area contributed by atoms with E-state index in [1.807, 2.05) is 0 Å². The maximum absolute atomic E-state index is 13.8. The van der Waals surface area contributed by atoms with Crippen LogP contribution in [0.25, 0.3) is 0 Å². The van der Waals surface area contributed by atoms with Gasteiger partial charge < -0.3 is 19.9 Å². The standard InChI is InChI=1S/C12H14FNO4/c1-16-11-7(13)6-9-12(18-5-4-17-9)10(11)8(15)2-3-14/h6H,2-5,14H2,1H3. The average Bonchev–Trinajstić information content (AvgIpc) is 2.37. The quantitative estimate of drug-likeness (QED) is 0.817. The summed E-state index contributed by atoms with van der Waals surface area (Å²) in [4.78, 5) is 12.0. The molecule has 0 saturated heterocycles. The van der Waals surface area contributed by atoms with E-state index in [-0.39, 0.29) is 41.6 Å². The summed E-state index contributed by atoms with van der Waals surface area (Å²) in [5.41, 5.74) is 5.41. The molecule has 2 rings (SSSR count). The van der Waals surface area contributed by atoms with Crippen molar-refractivity contribution in [3.63, 3.8) is 0 Å². The molecule has 1 heterocycles. The topological polar surface area (TPSA) is 70.8 Å². The molecule has 0 bridgehead atoms. The first-order chi connectivity index (χ1) is 8.69. The van der Waals surface area contributed by atoms with Gasteiger partial charge in [-0.3, -0.25) is 4.79 Å². The van der Waals surface area contributed by atoms with E-state index in [0.29, 0.717) is 13.2 Å². The van der Waals surface area contributed by atoms with Gasteiger partial charge in [0.05, 0.1) is 7.11 Å². The van der Waals surface area contributed by atoms with Crippen molar-refractivity contribution in [1.82, 2.24) is 0 Å². The normalized spacial score (nSPS) is 13.3. The van der Waals surface area contributed by atoms with Crippen LogP contribution in [0.4, 0.5) is 4.39 Å². The number of carbonyl (C=O) groups is 1. The predicted molar refractivity (Wildman–Crippen MR) is 61.9 cm³/mol. The number of ketones is 1. The van der Waals surface area contributed by atoms with Gasteiger partial charge in [-0.25, -0.2) is 4.39 Å². The van der Waals surface area contributed by atoms with E-state index in [2.05, 4.69) is 0 Å². The van der Waals surface area contributed by atoms with Gasteiger partial charge in [-0.1, -0.05) is 0 Å². The molecular weight excluding hydrogens is 241 g/mol. The number of hydrogen-bond donors (Lipinski definition) is 1. The second-order valence-electron chi connectivity index (χ2n) is 3.75. The smallest absolute Gasteiger partial charge is 0.176 e. The molecule has 0 unspecified atom stereocenters. The second kappa shape index (κ2) is 5.22. The highest BCUT2D eigenvalue weighted by molar-refractivity contribution is 6.02. The highest BCUT2D eigenvalue weighted by Gasteiger charge is 2.27. The molecule has 5 nitrogen and oxygen atoms in total. The van der Waals surface area contributed by atoms with Gasteiger partial charge in [-0.15, -0.1) is 0 Å². The molecule has 6 heteroatoms. The zero-order valence-electron chi connectivity index (χ0n) is 9.99. The van der Waals surface area contributed by atoms with Gasteiger partial charge in [0, 0.05) is 12.5 Å². The lowest BCUT2D eigenvalue weighted by Gasteiger charge is -2.22. The third-order valence-electron chi connectivity index (χ3n) is 2.59. The Morgan fingerprint density at radius 3 is 2.89 bits per heavy atom. The predicted octanol–water partition coefficient (Wildman–Crippen LogP) is 1.14. The monoisotopic (exact) mass is 255 g/mol. The third kappa shape index (κ3) is 2.11. The third-order valence-corrected chi connectivity index (χ3v) is 2.59. The van der Waals surface area contributed by atoms with Crippen LogP contribution in [0.5, 0.6) is 17.2 Å². The maximum Gasteiger partial charge on any atom is 0.176 e. The van der Waals surface area contributed by atoms with E-state index in [0.717, 1.165) is 6.07 Å². The molecule has 0 aliphatic carbocycles. The number of fused-ring (bicyclic) bond motifs is 1. The van der Waals surface area contributed by atoms with Crippen LogP contribution in [0.3, 0.4) is 0 Å². The highest BCUT2D eigenvalue weighted by atomic mass is 19.1. The lowest BCUT2D eigenvalue weighted by Crippen LogP contribution is -2.20. The highest BCUT2D eigenvalue weighted by Crippen LogP contribution is 2.41. The zero-order chi connectivity index (χ0) is 13.1. The van der Waals surface area contributed by atoms with Gasteiger partial charge in [-0.05, 0) is 6.54 Å². The Morgan fingerprint density at radius 1 is 1.50 bits per heavy atom. The van der Waals surface area contributed by atoms with Gasteiger partial charge in [0.2, 0.25) is 0 Å². The van der Waals surface area contributed by atoms with Crippen molar-refractivity contribution in [1.29, 1.82) is 0 Å². The van der Waals surface area contributed by atoms with Crippen LogP contribution in [0, 0.1) is 5.82 Å². The van der Waals surface area contributed by atoms with Crippen LogP contribution in [0.15, 0.2) is 6.07 Å². The molecule has 0 amide bonds. The number of halogens is 1. The zero-order valence-corrected chi connectivity index (χ0v) is 9.99. The van der Waals surface area contributed by atoms with Gasteiger partial charge in [0.1, 0.15) is 18.8 Å². The van der Waals surface area contributed by atoms with Crippen molar-refractivity contribution < 1.29 is 23.4 Å². The second-order valence-corrected chi connectivity index (χ2v) is 3.75. The first-order valence-electron chi connectivity index (χ1n) is 5.58. The number of methoxy groups -OCH3 is 1.